The Labute approximate surface area is 120 Å². The molecule has 1 aromatic carbocycles. The Morgan fingerprint density at radius 1 is 1.21 bits per heavy atom. The first kappa shape index (κ1) is 14.1. The first-order chi connectivity index (χ1) is 9.16. The fourth-order valence-electron chi connectivity index (χ4n) is 2.18. The van der Waals surface area contributed by atoms with Crippen LogP contribution in [0, 0.1) is 5.92 Å². The van der Waals surface area contributed by atoms with Gasteiger partial charge in [0.2, 0.25) is 0 Å². The van der Waals surface area contributed by atoms with E-state index < -0.39 is 0 Å². The number of benzene rings is 1. The molecule has 1 aromatic heterocycles. The van der Waals surface area contributed by atoms with Crippen LogP contribution in [0.15, 0.2) is 30.5 Å². The average Bonchev–Trinajstić information content (AvgIpc) is 2.37. The lowest BCUT2D eigenvalue weighted by atomic mass is 10.1. The predicted molar refractivity (Wildman–Crippen MR) is 83.9 cm³/mol. The second-order valence-electron chi connectivity index (χ2n) is 5.34. The number of fused-ring (bicyclic) bond motifs is 1. The van der Waals surface area contributed by atoms with Crippen LogP contribution in [0.1, 0.15) is 33.1 Å². The molecule has 0 bridgehead atoms. The van der Waals surface area contributed by atoms with E-state index in [-0.39, 0.29) is 0 Å². The van der Waals surface area contributed by atoms with Crippen LogP contribution in [-0.4, -0.2) is 11.5 Å². The monoisotopic (exact) mass is 276 g/mol. The van der Waals surface area contributed by atoms with Gasteiger partial charge in [-0.15, -0.1) is 0 Å². The van der Waals surface area contributed by atoms with Crippen molar-refractivity contribution in [1.29, 1.82) is 0 Å². The summed E-state index contributed by atoms with van der Waals surface area (Å²) >= 11 is 5.99. The summed E-state index contributed by atoms with van der Waals surface area (Å²) in [6, 6.07) is 7.87. The largest absolute Gasteiger partial charge is 0.384 e. The summed E-state index contributed by atoms with van der Waals surface area (Å²) in [7, 11) is 0. The Bertz CT molecular complexity index is 537. The van der Waals surface area contributed by atoms with Crippen LogP contribution in [0.3, 0.4) is 0 Å². The summed E-state index contributed by atoms with van der Waals surface area (Å²) in [6.07, 6.45) is 5.61. The van der Waals surface area contributed by atoms with E-state index in [0.29, 0.717) is 0 Å². The van der Waals surface area contributed by atoms with Crippen molar-refractivity contribution in [1.82, 2.24) is 4.98 Å². The maximum Gasteiger partial charge on any atom is 0.0737 e. The van der Waals surface area contributed by atoms with Gasteiger partial charge in [-0.1, -0.05) is 38.3 Å². The number of nitrogens with one attached hydrogen (secondary N) is 1. The summed E-state index contributed by atoms with van der Waals surface area (Å²) in [6.45, 7) is 5.55. The Hall–Kier alpha value is -1.28. The van der Waals surface area contributed by atoms with Gasteiger partial charge in [-0.2, -0.15) is 0 Å². The molecule has 0 radical (unpaired) electrons. The van der Waals surface area contributed by atoms with Gasteiger partial charge in [0.05, 0.1) is 5.52 Å². The van der Waals surface area contributed by atoms with Gasteiger partial charge in [0.15, 0.2) is 0 Å². The number of pyridine rings is 1. The molecule has 1 N–H and O–H groups in total. The van der Waals surface area contributed by atoms with Crippen LogP contribution in [0.2, 0.25) is 5.02 Å². The fraction of sp³-hybridized carbons (Fsp3) is 0.438. The molecule has 2 rings (SSSR count). The third-order valence-electron chi connectivity index (χ3n) is 3.23. The molecule has 0 aliphatic heterocycles. The molecule has 0 fully saturated rings. The van der Waals surface area contributed by atoms with Crippen molar-refractivity contribution in [2.75, 3.05) is 11.9 Å². The van der Waals surface area contributed by atoms with E-state index in [9.17, 15) is 0 Å². The van der Waals surface area contributed by atoms with Crippen molar-refractivity contribution in [3.8, 4) is 0 Å². The number of unbranched alkanes of at least 4 members (excludes halogenated alkanes) is 1. The summed E-state index contributed by atoms with van der Waals surface area (Å²) in [5, 5.41) is 5.36. The van der Waals surface area contributed by atoms with E-state index in [1.807, 2.05) is 30.5 Å². The molecule has 0 atom stereocenters. The van der Waals surface area contributed by atoms with E-state index in [2.05, 4.69) is 24.1 Å². The molecule has 0 saturated carbocycles. The summed E-state index contributed by atoms with van der Waals surface area (Å²) in [5.74, 6) is 0.795. The normalized spacial score (nSPS) is 11.2. The molecule has 19 heavy (non-hydrogen) atoms. The molecule has 0 spiro atoms. The molecular weight excluding hydrogens is 256 g/mol. The van der Waals surface area contributed by atoms with Crippen LogP contribution in [-0.2, 0) is 0 Å². The Balaban J connectivity index is 1.97. The predicted octanol–water partition coefficient (Wildman–Crippen LogP) is 5.13. The minimum absolute atomic E-state index is 0.731. The van der Waals surface area contributed by atoms with Crippen LogP contribution < -0.4 is 5.32 Å². The molecular formula is C16H21ClN2. The quantitative estimate of drug-likeness (QED) is 0.740. The van der Waals surface area contributed by atoms with Crippen LogP contribution in [0.4, 0.5) is 5.69 Å². The topological polar surface area (TPSA) is 24.9 Å². The third kappa shape index (κ3) is 4.10. The second kappa shape index (κ2) is 6.76. The molecule has 0 saturated heterocycles. The maximum atomic E-state index is 5.99. The van der Waals surface area contributed by atoms with E-state index in [0.717, 1.165) is 34.1 Å². The number of hydrogen-bond donors (Lipinski definition) is 1. The minimum atomic E-state index is 0.731. The second-order valence-corrected chi connectivity index (χ2v) is 5.77. The summed E-state index contributed by atoms with van der Waals surface area (Å²) in [5.41, 5.74) is 2.09. The van der Waals surface area contributed by atoms with Gasteiger partial charge in [-0.3, -0.25) is 4.98 Å². The van der Waals surface area contributed by atoms with Crippen molar-refractivity contribution < 1.29 is 0 Å². The molecule has 0 unspecified atom stereocenters. The van der Waals surface area contributed by atoms with Gasteiger partial charge in [0.1, 0.15) is 0 Å². The fourth-order valence-corrected chi connectivity index (χ4v) is 2.34. The van der Waals surface area contributed by atoms with Gasteiger partial charge in [0.25, 0.3) is 0 Å². The number of halogens is 1. The molecule has 2 nitrogen and oxygen atoms in total. The smallest absolute Gasteiger partial charge is 0.0737 e. The van der Waals surface area contributed by atoms with Gasteiger partial charge in [0, 0.05) is 28.8 Å². The van der Waals surface area contributed by atoms with Crippen molar-refractivity contribution in [3.05, 3.63) is 35.5 Å². The number of nitrogens with zero attached hydrogens (tertiary/aromatic N) is 1. The lowest BCUT2D eigenvalue weighted by Crippen LogP contribution is -2.03. The Morgan fingerprint density at radius 3 is 2.84 bits per heavy atom. The zero-order chi connectivity index (χ0) is 13.7. The van der Waals surface area contributed by atoms with Crippen LogP contribution in [0.5, 0.6) is 0 Å². The molecule has 102 valence electrons. The summed E-state index contributed by atoms with van der Waals surface area (Å²) < 4.78 is 0. The highest BCUT2D eigenvalue weighted by Gasteiger charge is 2.02. The number of hydrogen-bond acceptors (Lipinski definition) is 2. The SMILES string of the molecule is CC(C)CCCCNc1ccnc2cc(Cl)ccc12. The van der Waals surface area contributed by atoms with E-state index in [1.165, 1.54) is 19.3 Å². The first-order valence-corrected chi connectivity index (χ1v) is 7.33. The van der Waals surface area contributed by atoms with Crippen molar-refractivity contribution >= 4 is 28.2 Å². The zero-order valence-corrected chi connectivity index (χ0v) is 12.4. The van der Waals surface area contributed by atoms with Gasteiger partial charge >= 0.3 is 0 Å². The van der Waals surface area contributed by atoms with Crippen molar-refractivity contribution in [2.24, 2.45) is 5.92 Å². The molecule has 0 aliphatic rings. The van der Waals surface area contributed by atoms with E-state index >= 15 is 0 Å². The van der Waals surface area contributed by atoms with Gasteiger partial charge in [-0.25, -0.2) is 0 Å². The van der Waals surface area contributed by atoms with E-state index in [4.69, 9.17) is 11.6 Å². The van der Waals surface area contributed by atoms with Crippen molar-refractivity contribution in [3.63, 3.8) is 0 Å². The molecule has 2 aromatic rings. The zero-order valence-electron chi connectivity index (χ0n) is 11.6. The van der Waals surface area contributed by atoms with Crippen LogP contribution in [0.25, 0.3) is 10.9 Å². The summed E-state index contributed by atoms with van der Waals surface area (Å²) in [4.78, 5) is 4.35. The highest BCUT2D eigenvalue weighted by Crippen LogP contribution is 2.24. The highest BCUT2D eigenvalue weighted by atomic mass is 35.5. The molecule has 3 heteroatoms. The van der Waals surface area contributed by atoms with E-state index in [1.54, 1.807) is 0 Å². The van der Waals surface area contributed by atoms with Crippen molar-refractivity contribution in [2.45, 2.75) is 33.1 Å². The Kier molecular flexibility index (Phi) is 5.03. The average molecular weight is 277 g/mol. The first-order valence-electron chi connectivity index (χ1n) is 6.95. The number of anilines is 1. The van der Waals surface area contributed by atoms with Gasteiger partial charge in [-0.05, 0) is 36.6 Å². The minimum Gasteiger partial charge on any atom is -0.384 e. The number of rotatable bonds is 6. The maximum absolute atomic E-state index is 5.99. The highest BCUT2D eigenvalue weighted by molar-refractivity contribution is 6.31. The lowest BCUT2D eigenvalue weighted by molar-refractivity contribution is 0.545. The Morgan fingerprint density at radius 2 is 2.05 bits per heavy atom. The molecule has 1 heterocycles. The third-order valence-corrected chi connectivity index (χ3v) is 3.46. The number of aromatic nitrogens is 1. The standard InChI is InChI=1S/C16H21ClN2/c1-12(2)5-3-4-9-18-15-8-10-19-16-11-13(17)6-7-14(15)16/h6-8,10-12H,3-5,9H2,1-2H3,(H,18,19). The molecule has 0 aliphatic carbocycles. The molecule has 0 amide bonds. The van der Waals surface area contributed by atoms with Gasteiger partial charge < -0.3 is 5.32 Å². The lowest BCUT2D eigenvalue weighted by Gasteiger charge is -2.10. The van der Waals surface area contributed by atoms with Crippen LogP contribution >= 0.6 is 11.6 Å².